The van der Waals surface area contributed by atoms with E-state index in [4.69, 9.17) is 31.5 Å². The van der Waals surface area contributed by atoms with Crippen molar-refractivity contribution in [2.45, 2.75) is 19.3 Å². The van der Waals surface area contributed by atoms with Crippen molar-refractivity contribution in [3.8, 4) is 0 Å². The summed E-state index contributed by atoms with van der Waals surface area (Å²) in [7, 11) is 1.66. The van der Waals surface area contributed by atoms with Gasteiger partial charge in [0.2, 0.25) is 0 Å². The van der Waals surface area contributed by atoms with E-state index in [-0.39, 0.29) is 11.0 Å². The maximum Gasteiger partial charge on any atom is 0.193 e. The first kappa shape index (κ1) is 20.3. The predicted molar refractivity (Wildman–Crippen MR) is 95.6 cm³/mol. The second kappa shape index (κ2) is 11.5. The van der Waals surface area contributed by atoms with Gasteiger partial charge >= 0.3 is 0 Å². The Morgan fingerprint density at radius 2 is 1.76 bits per heavy atom. The lowest BCUT2D eigenvalue weighted by Gasteiger charge is -2.31. The topological polar surface area (TPSA) is 95.6 Å². The number of hydrogen-bond acceptors (Lipinski definition) is 8. The van der Waals surface area contributed by atoms with Gasteiger partial charge in [0.25, 0.3) is 0 Å². The molecule has 1 aliphatic heterocycles. The van der Waals surface area contributed by atoms with Crippen molar-refractivity contribution in [1.82, 2.24) is 20.1 Å². The van der Waals surface area contributed by atoms with E-state index in [0.29, 0.717) is 38.2 Å². The second-order valence-corrected chi connectivity index (χ2v) is 6.47. The Morgan fingerprint density at radius 3 is 2.44 bits per heavy atom. The largest absolute Gasteiger partial charge is 0.382 e. The Hall–Kier alpha value is -1.06. The van der Waals surface area contributed by atoms with Crippen LogP contribution in [-0.2, 0) is 20.6 Å². The van der Waals surface area contributed by atoms with Gasteiger partial charge < -0.3 is 24.8 Å². The molecule has 142 valence electrons. The Labute approximate surface area is 154 Å². The lowest BCUT2D eigenvalue weighted by atomic mass is 9.93. The molecule has 9 heteroatoms. The minimum atomic E-state index is 0.169. The number of ether oxygens (including phenoxy) is 3. The van der Waals surface area contributed by atoms with Gasteiger partial charge in [0, 0.05) is 20.1 Å². The van der Waals surface area contributed by atoms with Gasteiger partial charge in [-0.15, -0.1) is 10.2 Å². The molecule has 2 heterocycles. The van der Waals surface area contributed by atoms with Crippen LogP contribution in [-0.4, -0.2) is 79.9 Å². The van der Waals surface area contributed by atoms with Crippen LogP contribution < -0.4 is 5.73 Å². The van der Waals surface area contributed by atoms with E-state index in [1.54, 1.807) is 7.11 Å². The minimum absolute atomic E-state index is 0.169. The second-order valence-electron chi connectivity index (χ2n) is 6.11. The quantitative estimate of drug-likeness (QED) is 0.575. The van der Waals surface area contributed by atoms with Crippen molar-refractivity contribution >= 4 is 17.4 Å². The van der Waals surface area contributed by atoms with Crippen LogP contribution in [0.4, 0.5) is 5.82 Å². The molecular formula is C16H28ClN5O3. The van der Waals surface area contributed by atoms with Gasteiger partial charge in [-0.05, 0) is 31.8 Å². The SMILES string of the molecule is COCCOCCOCCN1CCC(Cc2nnc(Cl)c(N)n2)CC1. The van der Waals surface area contributed by atoms with Gasteiger partial charge in [0.05, 0.1) is 33.0 Å². The molecule has 2 N–H and O–H groups in total. The summed E-state index contributed by atoms with van der Waals surface area (Å²) < 4.78 is 15.9. The minimum Gasteiger partial charge on any atom is -0.382 e. The zero-order chi connectivity index (χ0) is 17.9. The third kappa shape index (κ3) is 7.79. The third-order valence-corrected chi connectivity index (χ3v) is 4.52. The van der Waals surface area contributed by atoms with Crippen LogP contribution in [0.3, 0.4) is 0 Å². The molecule has 2 rings (SSSR count). The molecule has 25 heavy (non-hydrogen) atoms. The zero-order valence-corrected chi connectivity index (χ0v) is 15.6. The summed E-state index contributed by atoms with van der Waals surface area (Å²) in [6.07, 6.45) is 3.04. The number of nitrogen functional groups attached to an aromatic ring is 1. The summed E-state index contributed by atoms with van der Waals surface area (Å²) in [5.41, 5.74) is 5.68. The average Bonchev–Trinajstić information content (AvgIpc) is 2.62. The molecular weight excluding hydrogens is 346 g/mol. The van der Waals surface area contributed by atoms with Crippen LogP contribution in [0, 0.1) is 5.92 Å². The zero-order valence-electron chi connectivity index (χ0n) is 14.8. The van der Waals surface area contributed by atoms with E-state index in [1.165, 1.54) is 0 Å². The van der Waals surface area contributed by atoms with Crippen LogP contribution in [0.1, 0.15) is 18.7 Å². The average molecular weight is 374 g/mol. The number of nitrogens with two attached hydrogens (primary N) is 1. The number of halogens is 1. The summed E-state index contributed by atoms with van der Waals surface area (Å²) >= 11 is 5.75. The first-order chi connectivity index (χ1) is 12.2. The number of rotatable bonds is 11. The fourth-order valence-electron chi connectivity index (χ4n) is 2.78. The molecule has 8 nitrogen and oxygen atoms in total. The number of hydrogen-bond donors (Lipinski definition) is 1. The molecule has 0 saturated carbocycles. The number of piperidine rings is 1. The maximum absolute atomic E-state index is 5.75. The molecule has 0 atom stereocenters. The van der Waals surface area contributed by atoms with Crippen LogP contribution >= 0.6 is 11.6 Å². The standard InChI is InChI=1S/C16H28ClN5O3/c1-23-8-9-25-11-10-24-7-6-22-4-2-13(3-5-22)12-14-19-16(18)15(17)21-20-14/h13H,2-12H2,1H3,(H2,18,19,20). The Morgan fingerprint density at radius 1 is 1.08 bits per heavy atom. The maximum atomic E-state index is 5.75. The Bertz CT molecular complexity index is 501. The number of likely N-dealkylation sites (tertiary alicyclic amines) is 1. The van der Waals surface area contributed by atoms with E-state index in [1.807, 2.05) is 0 Å². The molecule has 1 aliphatic rings. The monoisotopic (exact) mass is 373 g/mol. The molecule has 1 fully saturated rings. The van der Waals surface area contributed by atoms with Crippen molar-refractivity contribution < 1.29 is 14.2 Å². The van der Waals surface area contributed by atoms with Crippen molar-refractivity contribution in [2.75, 3.05) is 65.5 Å². The van der Waals surface area contributed by atoms with E-state index in [0.717, 1.165) is 45.5 Å². The fraction of sp³-hybridized carbons (Fsp3) is 0.812. The lowest BCUT2D eigenvalue weighted by Crippen LogP contribution is -2.36. The highest BCUT2D eigenvalue weighted by Crippen LogP contribution is 2.21. The van der Waals surface area contributed by atoms with Crippen molar-refractivity contribution in [2.24, 2.45) is 5.92 Å². The molecule has 0 radical (unpaired) electrons. The van der Waals surface area contributed by atoms with E-state index in [2.05, 4.69) is 20.1 Å². The Balaban J connectivity index is 1.53. The highest BCUT2D eigenvalue weighted by molar-refractivity contribution is 6.31. The Kier molecular flexibility index (Phi) is 9.35. The molecule has 0 unspecified atom stereocenters. The van der Waals surface area contributed by atoms with Gasteiger partial charge in [-0.25, -0.2) is 4.98 Å². The van der Waals surface area contributed by atoms with Gasteiger partial charge in [-0.3, -0.25) is 0 Å². The molecule has 1 aromatic rings. The third-order valence-electron chi connectivity index (χ3n) is 4.25. The molecule has 1 aromatic heterocycles. The van der Waals surface area contributed by atoms with Crippen molar-refractivity contribution in [3.05, 3.63) is 11.0 Å². The summed E-state index contributed by atoms with van der Waals surface area (Å²) in [6, 6.07) is 0. The van der Waals surface area contributed by atoms with Gasteiger partial charge in [0.15, 0.2) is 16.8 Å². The molecule has 0 spiro atoms. The number of anilines is 1. The van der Waals surface area contributed by atoms with Crippen LogP contribution in [0.5, 0.6) is 0 Å². The molecule has 0 aliphatic carbocycles. The smallest absolute Gasteiger partial charge is 0.193 e. The number of methoxy groups -OCH3 is 1. The van der Waals surface area contributed by atoms with Crippen molar-refractivity contribution in [3.63, 3.8) is 0 Å². The highest BCUT2D eigenvalue weighted by atomic mass is 35.5. The van der Waals surface area contributed by atoms with Crippen LogP contribution in [0.25, 0.3) is 0 Å². The molecule has 0 amide bonds. The molecule has 0 aromatic carbocycles. The first-order valence-electron chi connectivity index (χ1n) is 8.70. The van der Waals surface area contributed by atoms with Gasteiger partial charge in [-0.2, -0.15) is 0 Å². The van der Waals surface area contributed by atoms with Crippen molar-refractivity contribution in [1.29, 1.82) is 0 Å². The highest BCUT2D eigenvalue weighted by Gasteiger charge is 2.20. The van der Waals surface area contributed by atoms with Crippen LogP contribution in [0.2, 0.25) is 5.15 Å². The van der Waals surface area contributed by atoms with Crippen LogP contribution in [0.15, 0.2) is 0 Å². The number of aromatic nitrogens is 3. The van der Waals surface area contributed by atoms with E-state index >= 15 is 0 Å². The first-order valence-corrected chi connectivity index (χ1v) is 9.08. The van der Waals surface area contributed by atoms with E-state index in [9.17, 15) is 0 Å². The fourth-order valence-corrected chi connectivity index (χ4v) is 2.86. The predicted octanol–water partition coefficient (Wildman–Crippen LogP) is 1.04. The summed E-state index contributed by atoms with van der Waals surface area (Å²) in [4.78, 5) is 6.63. The van der Waals surface area contributed by atoms with Gasteiger partial charge in [-0.1, -0.05) is 11.6 Å². The number of nitrogens with zero attached hydrogens (tertiary/aromatic N) is 4. The summed E-state index contributed by atoms with van der Waals surface area (Å²) in [5.74, 6) is 1.50. The van der Waals surface area contributed by atoms with Gasteiger partial charge in [0.1, 0.15) is 0 Å². The summed E-state index contributed by atoms with van der Waals surface area (Å²) in [6.45, 7) is 6.30. The molecule has 1 saturated heterocycles. The summed E-state index contributed by atoms with van der Waals surface area (Å²) in [5, 5.41) is 8.02. The lowest BCUT2D eigenvalue weighted by molar-refractivity contribution is 0.0173. The van der Waals surface area contributed by atoms with E-state index < -0.39 is 0 Å². The molecule has 0 bridgehead atoms. The normalized spacial score (nSPS) is 16.4.